The molecule has 1 aliphatic heterocycles. The molecule has 1 fully saturated rings. The summed E-state index contributed by atoms with van der Waals surface area (Å²) < 4.78 is 15.3. The van der Waals surface area contributed by atoms with Crippen molar-refractivity contribution < 1.29 is 9.18 Å². The van der Waals surface area contributed by atoms with E-state index in [0.29, 0.717) is 29.6 Å². The average molecular weight is 415 g/mol. The van der Waals surface area contributed by atoms with Gasteiger partial charge in [0.2, 0.25) is 21.8 Å². The lowest BCUT2D eigenvalue weighted by atomic mass is 10.1. The monoisotopic (exact) mass is 415 g/mol. The van der Waals surface area contributed by atoms with Gasteiger partial charge >= 0.3 is 5.56 Å². The number of benzene rings is 1. The molecule has 9 heteroatoms. The quantitative estimate of drug-likeness (QED) is 0.693. The molecule has 29 heavy (non-hydrogen) atoms. The van der Waals surface area contributed by atoms with Crippen molar-refractivity contribution in [3.63, 3.8) is 0 Å². The summed E-state index contributed by atoms with van der Waals surface area (Å²) in [6, 6.07) is 9.34. The highest BCUT2D eigenvalue weighted by Gasteiger charge is 2.33. The van der Waals surface area contributed by atoms with E-state index in [2.05, 4.69) is 15.4 Å². The lowest BCUT2D eigenvalue weighted by Gasteiger charge is -2.22. The summed E-state index contributed by atoms with van der Waals surface area (Å²) in [5.41, 5.74) is 0.368. The van der Waals surface area contributed by atoms with Crippen molar-refractivity contribution in [2.45, 2.75) is 45.2 Å². The number of fused-ring (bicyclic) bond motifs is 1. The van der Waals surface area contributed by atoms with Crippen molar-refractivity contribution in [3.05, 3.63) is 57.8 Å². The van der Waals surface area contributed by atoms with E-state index >= 15 is 0 Å². The van der Waals surface area contributed by atoms with Gasteiger partial charge in [0.25, 0.3) is 0 Å². The molecular formula is C20H22FN5O2S. The standard InChI is InChI=1S/C20H22FN5O2S/c1-12(2)16-15(21)18(28)26-19(23-16)29-20(24-26)25-10-6-9-14(25)17(27)22-11-13-7-4-3-5-8-13/h3-5,7-8,12,14H,6,9-11H2,1-2H3,(H,22,27). The topological polar surface area (TPSA) is 79.6 Å². The van der Waals surface area contributed by atoms with E-state index < -0.39 is 11.4 Å². The Morgan fingerprint density at radius 3 is 2.83 bits per heavy atom. The van der Waals surface area contributed by atoms with Gasteiger partial charge in [-0.3, -0.25) is 9.59 Å². The van der Waals surface area contributed by atoms with Crippen LogP contribution in [-0.2, 0) is 11.3 Å². The Morgan fingerprint density at radius 1 is 1.34 bits per heavy atom. The molecule has 7 nitrogen and oxygen atoms in total. The summed E-state index contributed by atoms with van der Waals surface area (Å²) in [6.07, 6.45) is 1.54. The van der Waals surface area contributed by atoms with E-state index in [1.54, 1.807) is 13.8 Å². The van der Waals surface area contributed by atoms with Gasteiger partial charge in [0.1, 0.15) is 6.04 Å². The Labute approximate surface area is 171 Å². The van der Waals surface area contributed by atoms with Crippen LogP contribution >= 0.6 is 11.3 Å². The van der Waals surface area contributed by atoms with Crippen LogP contribution in [0.15, 0.2) is 35.1 Å². The molecule has 1 saturated heterocycles. The summed E-state index contributed by atoms with van der Waals surface area (Å²) in [4.78, 5) is 31.6. The normalized spacial score (nSPS) is 16.7. The van der Waals surface area contributed by atoms with Crippen molar-refractivity contribution in [2.24, 2.45) is 0 Å². The second kappa shape index (κ2) is 7.90. The Hall–Kier alpha value is -2.81. The highest BCUT2D eigenvalue weighted by molar-refractivity contribution is 7.20. The Bertz CT molecular complexity index is 1100. The van der Waals surface area contributed by atoms with E-state index in [1.807, 2.05) is 35.2 Å². The highest BCUT2D eigenvalue weighted by atomic mass is 32.1. The number of hydrogen-bond donors (Lipinski definition) is 1. The van der Waals surface area contributed by atoms with Gasteiger partial charge in [-0.05, 0) is 24.3 Å². The number of carbonyl (C=O) groups excluding carboxylic acids is 1. The summed E-state index contributed by atoms with van der Waals surface area (Å²) in [6.45, 7) is 4.68. The first-order chi connectivity index (χ1) is 14.0. The molecule has 1 aliphatic rings. The highest BCUT2D eigenvalue weighted by Crippen LogP contribution is 2.30. The zero-order chi connectivity index (χ0) is 20.5. The van der Waals surface area contributed by atoms with Gasteiger partial charge in [0.05, 0.1) is 5.69 Å². The molecule has 0 bridgehead atoms. The average Bonchev–Trinajstić information content (AvgIpc) is 3.36. The molecule has 0 spiro atoms. The minimum Gasteiger partial charge on any atom is -0.350 e. The zero-order valence-electron chi connectivity index (χ0n) is 16.3. The largest absolute Gasteiger partial charge is 0.350 e. The molecule has 1 amide bonds. The summed E-state index contributed by atoms with van der Waals surface area (Å²) in [5, 5.41) is 7.75. The van der Waals surface area contributed by atoms with Gasteiger partial charge in [0.15, 0.2) is 0 Å². The van der Waals surface area contributed by atoms with Gasteiger partial charge in [-0.15, -0.1) is 5.10 Å². The maximum Gasteiger partial charge on any atom is 0.311 e. The Kier molecular flexibility index (Phi) is 5.31. The fourth-order valence-corrected chi connectivity index (χ4v) is 4.48. The molecule has 4 rings (SSSR count). The van der Waals surface area contributed by atoms with Crippen LogP contribution in [0, 0.1) is 5.82 Å². The minimum atomic E-state index is -0.868. The molecule has 152 valence electrons. The fourth-order valence-electron chi connectivity index (χ4n) is 3.50. The molecule has 0 aliphatic carbocycles. The number of amides is 1. The third kappa shape index (κ3) is 3.74. The van der Waals surface area contributed by atoms with Crippen LogP contribution in [0.4, 0.5) is 9.52 Å². The number of aromatic nitrogens is 3. The van der Waals surface area contributed by atoms with E-state index in [9.17, 15) is 14.0 Å². The first kappa shape index (κ1) is 19.5. The molecule has 2 aromatic heterocycles. The van der Waals surface area contributed by atoms with Crippen LogP contribution < -0.4 is 15.8 Å². The fraction of sp³-hybridized carbons (Fsp3) is 0.400. The Balaban J connectivity index is 1.58. The number of nitrogens with zero attached hydrogens (tertiary/aromatic N) is 4. The maximum absolute atomic E-state index is 14.3. The third-order valence-corrected chi connectivity index (χ3v) is 5.97. The van der Waals surface area contributed by atoms with Crippen LogP contribution in [0.1, 0.15) is 43.9 Å². The summed E-state index contributed by atoms with van der Waals surface area (Å²) in [5.74, 6) is -1.16. The van der Waals surface area contributed by atoms with Crippen LogP contribution in [0.3, 0.4) is 0 Å². The molecule has 0 radical (unpaired) electrons. The van der Waals surface area contributed by atoms with E-state index in [0.717, 1.165) is 16.5 Å². The van der Waals surface area contributed by atoms with Crippen LogP contribution in [0.25, 0.3) is 4.96 Å². The van der Waals surface area contributed by atoms with Gasteiger partial charge in [0, 0.05) is 13.1 Å². The van der Waals surface area contributed by atoms with Crippen molar-refractivity contribution in [3.8, 4) is 0 Å². The van der Waals surface area contributed by atoms with E-state index in [1.165, 1.54) is 11.3 Å². The van der Waals surface area contributed by atoms with E-state index in [-0.39, 0.29) is 23.6 Å². The molecule has 3 heterocycles. The van der Waals surface area contributed by atoms with Crippen molar-refractivity contribution in [1.29, 1.82) is 0 Å². The second-order valence-corrected chi connectivity index (χ2v) is 8.34. The molecule has 3 aromatic rings. The van der Waals surface area contributed by atoms with Gasteiger partial charge in [-0.2, -0.15) is 8.91 Å². The number of anilines is 1. The Morgan fingerprint density at radius 2 is 2.10 bits per heavy atom. The first-order valence-corrected chi connectivity index (χ1v) is 10.4. The number of nitrogens with one attached hydrogen (secondary N) is 1. The molecular weight excluding hydrogens is 393 g/mol. The van der Waals surface area contributed by atoms with Crippen LogP contribution in [-0.4, -0.2) is 33.1 Å². The van der Waals surface area contributed by atoms with Crippen LogP contribution in [0.2, 0.25) is 0 Å². The number of halogens is 1. The number of rotatable bonds is 5. The summed E-state index contributed by atoms with van der Waals surface area (Å²) in [7, 11) is 0. The lowest BCUT2D eigenvalue weighted by Crippen LogP contribution is -2.43. The molecule has 1 N–H and O–H groups in total. The van der Waals surface area contributed by atoms with Gasteiger partial charge in [-0.1, -0.05) is 55.5 Å². The lowest BCUT2D eigenvalue weighted by molar-refractivity contribution is -0.122. The first-order valence-electron chi connectivity index (χ1n) is 9.63. The van der Waals surface area contributed by atoms with Gasteiger partial charge < -0.3 is 10.2 Å². The summed E-state index contributed by atoms with van der Waals surface area (Å²) >= 11 is 1.20. The zero-order valence-corrected chi connectivity index (χ0v) is 17.1. The number of hydrogen-bond acceptors (Lipinski definition) is 6. The van der Waals surface area contributed by atoms with E-state index in [4.69, 9.17) is 0 Å². The molecule has 1 atom stereocenters. The number of carbonyl (C=O) groups is 1. The van der Waals surface area contributed by atoms with Crippen molar-refractivity contribution in [2.75, 3.05) is 11.4 Å². The smallest absolute Gasteiger partial charge is 0.311 e. The van der Waals surface area contributed by atoms with Crippen LogP contribution in [0.5, 0.6) is 0 Å². The predicted octanol–water partition coefficient (Wildman–Crippen LogP) is 2.70. The maximum atomic E-state index is 14.3. The minimum absolute atomic E-state index is 0.0834. The van der Waals surface area contributed by atoms with Crippen molar-refractivity contribution in [1.82, 2.24) is 19.9 Å². The van der Waals surface area contributed by atoms with Crippen molar-refractivity contribution >= 4 is 27.3 Å². The molecule has 1 unspecified atom stereocenters. The SMILES string of the molecule is CC(C)c1nc2sc(N3CCCC3C(=O)NCc3ccccc3)nn2c(=O)c1F. The third-order valence-electron chi connectivity index (χ3n) is 5.03. The predicted molar refractivity (Wildman–Crippen MR) is 110 cm³/mol. The molecule has 0 saturated carbocycles. The second-order valence-electron chi connectivity index (χ2n) is 7.40. The van der Waals surface area contributed by atoms with Gasteiger partial charge in [-0.25, -0.2) is 4.98 Å². The molecule has 1 aromatic carbocycles.